The van der Waals surface area contributed by atoms with E-state index in [1.54, 1.807) is 18.2 Å². The maximum Gasteiger partial charge on any atom is 0.243 e. The van der Waals surface area contributed by atoms with Crippen molar-refractivity contribution in [2.24, 2.45) is 5.41 Å². The van der Waals surface area contributed by atoms with E-state index in [4.69, 9.17) is 0 Å². The first-order chi connectivity index (χ1) is 10.7. The van der Waals surface area contributed by atoms with Crippen LogP contribution in [-0.2, 0) is 10.0 Å². The van der Waals surface area contributed by atoms with E-state index in [0.29, 0.717) is 18.0 Å². The van der Waals surface area contributed by atoms with E-state index < -0.39 is 10.0 Å². The summed E-state index contributed by atoms with van der Waals surface area (Å²) in [5.74, 6) is 0. The SMILES string of the molecule is C/C=C/CN(CC=C=CC(C)(C)C)S(=O)(=O)c1ccc(C)cc1. The minimum atomic E-state index is -3.51. The summed E-state index contributed by atoms with van der Waals surface area (Å²) in [6.45, 7) is 10.7. The van der Waals surface area contributed by atoms with E-state index in [0.717, 1.165) is 5.56 Å². The molecule has 0 aliphatic rings. The summed E-state index contributed by atoms with van der Waals surface area (Å²) in [6.07, 6.45) is 7.40. The van der Waals surface area contributed by atoms with Gasteiger partial charge in [-0.25, -0.2) is 8.42 Å². The monoisotopic (exact) mass is 333 g/mol. The maximum absolute atomic E-state index is 12.8. The molecule has 0 heterocycles. The van der Waals surface area contributed by atoms with Gasteiger partial charge in [0.15, 0.2) is 0 Å². The van der Waals surface area contributed by atoms with Crippen LogP contribution < -0.4 is 0 Å². The fourth-order valence-electron chi connectivity index (χ4n) is 1.82. The Bertz CT molecular complexity index is 686. The van der Waals surface area contributed by atoms with Crippen molar-refractivity contribution in [3.05, 3.63) is 59.9 Å². The molecule has 0 aliphatic heterocycles. The lowest BCUT2D eigenvalue weighted by atomic mass is 9.97. The van der Waals surface area contributed by atoms with Crippen LogP contribution in [0.3, 0.4) is 0 Å². The first kappa shape index (κ1) is 19.4. The lowest BCUT2D eigenvalue weighted by molar-refractivity contribution is 0.473. The van der Waals surface area contributed by atoms with Gasteiger partial charge in [-0.2, -0.15) is 4.31 Å². The molecule has 0 fully saturated rings. The Hall–Kier alpha value is -1.61. The van der Waals surface area contributed by atoms with Crippen molar-refractivity contribution in [3.63, 3.8) is 0 Å². The number of sulfonamides is 1. The Morgan fingerprint density at radius 1 is 1.13 bits per heavy atom. The molecule has 0 bridgehead atoms. The van der Waals surface area contributed by atoms with Gasteiger partial charge in [-0.3, -0.25) is 0 Å². The Kier molecular flexibility index (Phi) is 7.01. The highest BCUT2D eigenvalue weighted by atomic mass is 32.2. The molecule has 0 aliphatic carbocycles. The number of aryl methyl sites for hydroxylation is 1. The van der Waals surface area contributed by atoms with Crippen molar-refractivity contribution >= 4 is 10.0 Å². The van der Waals surface area contributed by atoms with E-state index >= 15 is 0 Å². The summed E-state index contributed by atoms with van der Waals surface area (Å²) in [6, 6.07) is 6.94. The molecule has 0 spiro atoms. The first-order valence-corrected chi connectivity index (χ1v) is 9.21. The van der Waals surface area contributed by atoms with Crippen LogP contribution in [0.1, 0.15) is 33.3 Å². The minimum absolute atomic E-state index is 0.0283. The molecule has 0 unspecified atom stereocenters. The second-order valence-corrected chi connectivity index (χ2v) is 8.52. The number of allylic oxidation sites excluding steroid dienone is 1. The molecule has 1 aromatic rings. The average Bonchev–Trinajstić information content (AvgIpc) is 2.45. The topological polar surface area (TPSA) is 37.4 Å². The van der Waals surface area contributed by atoms with Gasteiger partial charge in [-0.1, -0.05) is 50.6 Å². The van der Waals surface area contributed by atoms with Crippen molar-refractivity contribution in [1.82, 2.24) is 4.31 Å². The van der Waals surface area contributed by atoms with Gasteiger partial charge in [0.2, 0.25) is 10.0 Å². The molecule has 4 heteroatoms. The molecule has 0 N–H and O–H groups in total. The summed E-state index contributed by atoms with van der Waals surface area (Å²) in [7, 11) is -3.51. The van der Waals surface area contributed by atoms with Crippen molar-refractivity contribution < 1.29 is 8.42 Å². The average molecular weight is 333 g/mol. The number of hydrogen-bond acceptors (Lipinski definition) is 2. The zero-order chi connectivity index (χ0) is 17.5. The van der Waals surface area contributed by atoms with Crippen molar-refractivity contribution in [2.75, 3.05) is 13.1 Å². The summed E-state index contributed by atoms with van der Waals surface area (Å²) < 4.78 is 27.0. The lowest BCUT2D eigenvalue weighted by Gasteiger charge is -2.19. The van der Waals surface area contributed by atoms with Gasteiger partial charge in [0.1, 0.15) is 0 Å². The molecule has 0 aromatic heterocycles. The van der Waals surface area contributed by atoms with Gasteiger partial charge >= 0.3 is 0 Å². The van der Waals surface area contributed by atoms with E-state index in [1.165, 1.54) is 4.31 Å². The van der Waals surface area contributed by atoms with Crippen LogP contribution in [0.15, 0.2) is 59.2 Å². The molecule has 3 nitrogen and oxygen atoms in total. The predicted molar refractivity (Wildman–Crippen MR) is 96.9 cm³/mol. The summed E-state index contributed by atoms with van der Waals surface area (Å²) in [5, 5.41) is 0. The fraction of sp³-hybridized carbons (Fsp3) is 0.421. The summed E-state index contributed by atoms with van der Waals surface area (Å²) in [5.41, 5.74) is 4.15. The van der Waals surface area contributed by atoms with E-state index in [9.17, 15) is 8.42 Å². The molecular formula is C19H27NO2S. The zero-order valence-electron chi connectivity index (χ0n) is 14.7. The van der Waals surface area contributed by atoms with Crippen molar-refractivity contribution in [2.45, 2.75) is 39.5 Å². The molecule has 126 valence electrons. The third-order valence-corrected chi connectivity index (χ3v) is 4.98. The molecule has 0 amide bonds. The van der Waals surface area contributed by atoms with Gasteiger partial charge in [0.25, 0.3) is 0 Å². The normalized spacial score (nSPS) is 12.4. The van der Waals surface area contributed by atoms with Crippen LogP contribution in [0.4, 0.5) is 0 Å². The van der Waals surface area contributed by atoms with Crippen LogP contribution in [0.25, 0.3) is 0 Å². The second kappa shape index (κ2) is 8.30. The number of hydrogen-bond donors (Lipinski definition) is 0. The Balaban J connectivity index is 3.05. The summed E-state index contributed by atoms with van der Waals surface area (Å²) in [4.78, 5) is 0.320. The Morgan fingerprint density at radius 2 is 1.74 bits per heavy atom. The smallest absolute Gasteiger partial charge is 0.207 e. The van der Waals surface area contributed by atoms with Crippen LogP contribution in [-0.4, -0.2) is 25.8 Å². The second-order valence-electron chi connectivity index (χ2n) is 6.59. The molecular weight excluding hydrogens is 306 g/mol. The summed E-state index contributed by atoms with van der Waals surface area (Å²) >= 11 is 0. The van der Waals surface area contributed by atoms with Gasteiger partial charge in [0, 0.05) is 13.1 Å². The molecule has 23 heavy (non-hydrogen) atoms. The molecule has 0 atom stereocenters. The third kappa shape index (κ3) is 6.57. The standard InChI is InChI=1S/C19H27NO2S/c1-6-7-15-20(16-9-8-14-19(3,4)5)23(21,22)18-12-10-17(2)11-13-18/h6-7,9-14H,15-16H2,1-5H3/b7-6+. The van der Waals surface area contributed by atoms with Crippen LogP contribution in [0.5, 0.6) is 0 Å². The van der Waals surface area contributed by atoms with Gasteiger partial charge in [0.05, 0.1) is 4.90 Å². The van der Waals surface area contributed by atoms with Crippen molar-refractivity contribution in [1.29, 1.82) is 0 Å². The molecule has 0 radical (unpaired) electrons. The largest absolute Gasteiger partial charge is 0.243 e. The van der Waals surface area contributed by atoms with E-state index in [1.807, 2.05) is 44.2 Å². The highest BCUT2D eigenvalue weighted by Crippen LogP contribution is 2.17. The van der Waals surface area contributed by atoms with E-state index in [2.05, 4.69) is 26.5 Å². The molecule has 1 rings (SSSR count). The third-order valence-electron chi connectivity index (χ3n) is 3.13. The predicted octanol–water partition coefficient (Wildman–Crippen LogP) is 4.32. The van der Waals surface area contributed by atoms with Crippen LogP contribution >= 0.6 is 0 Å². The first-order valence-electron chi connectivity index (χ1n) is 7.77. The quantitative estimate of drug-likeness (QED) is 0.574. The fourth-order valence-corrected chi connectivity index (χ4v) is 3.15. The van der Waals surface area contributed by atoms with Gasteiger partial charge in [-0.05, 0) is 43.5 Å². The maximum atomic E-state index is 12.8. The molecule has 0 saturated heterocycles. The minimum Gasteiger partial charge on any atom is -0.207 e. The van der Waals surface area contributed by atoms with Crippen LogP contribution in [0.2, 0.25) is 0 Å². The highest BCUT2D eigenvalue weighted by molar-refractivity contribution is 7.89. The number of benzene rings is 1. The van der Waals surface area contributed by atoms with Crippen molar-refractivity contribution in [3.8, 4) is 0 Å². The van der Waals surface area contributed by atoms with Gasteiger partial charge in [-0.15, -0.1) is 5.73 Å². The number of nitrogens with zero attached hydrogens (tertiary/aromatic N) is 1. The van der Waals surface area contributed by atoms with Gasteiger partial charge < -0.3 is 0 Å². The Morgan fingerprint density at radius 3 is 2.26 bits per heavy atom. The highest BCUT2D eigenvalue weighted by Gasteiger charge is 2.22. The molecule has 1 aromatic carbocycles. The Labute approximate surface area is 141 Å². The lowest BCUT2D eigenvalue weighted by Crippen LogP contribution is -2.31. The number of rotatable bonds is 6. The van der Waals surface area contributed by atoms with Crippen LogP contribution in [0, 0.1) is 12.3 Å². The zero-order valence-corrected chi connectivity index (χ0v) is 15.5. The van der Waals surface area contributed by atoms with E-state index in [-0.39, 0.29) is 5.41 Å². The molecule has 0 saturated carbocycles.